The summed E-state index contributed by atoms with van der Waals surface area (Å²) in [6.07, 6.45) is 3.51. The van der Waals surface area contributed by atoms with Gasteiger partial charge in [-0.15, -0.1) is 0 Å². The van der Waals surface area contributed by atoms with Crippen LogP contribution in [0.3, 0.4) is 0 Å². The number of hydrogen-bond donors (Lipinski definition) is 0. The van der Waals surface area contributed by atoms with E-state index in [0.717, 1.165) is 4.90 Å². The van der Waals surface area contributed by atoms with E-state index in [1.807, 2.05) is 17.5 Å². The van der Waals surface area contributed by atoms with Crippen LogP contribution in [0.5, 0.6) is 0 Å². The predicted octanol–water partition coefficient (Wildman–Crippen LogP) is 2.88. The standard InChI is InChI=1S/C7H6ClNS/c8-3-6-10-7-1-4-9-5-2-7/h1-6H. The van der Waals surface area contributed by atoms with E-state index in [0.29, 0.717) is 0 Å². The minimum absolute atomic E-state index is 1.15. The van der Waals surface area contributed by atoms with Crippen molar-refractivity contribution >= 4 is 23.4 Å². The van der Waals surface area contributed by atoms with E-state index in [9.17, 15) is 0 Å². The van der Waals surface area contributed by atoms with Gasteiger partial charge in [0, 0.05) is 22.8 Å². The van der Waals surface area contributed by atoms with Crippen LogP contribution in [0.25, 0.3) is 0 Å². The largest absolute Gasteiger partial charge is 0.265 e. The molecule has 0 bridgehead atoms. The van der Waals surface area contributed by atoms with Gasteiger partial charge in [0.15, 0.2) is 0 Å². The van der Waals surface area contributed by atoms with E-state index in [1.165, 1.54) is 5.54 Å². The lowest BCUT2D eigenvalue weighted by Crippen LogP contribution is -1.68. The first-order chi connectivity index (χ1) is 4.93. The fourth-order valence-corrected chi connectivity index (χ4v) is 1.16. The van der Waals surface area contributed by atoms with Crippen molar-refractivity contribution in [2.75, 3.05) is 0 Å². The van der Waals surface area contributed by atoms with Gasteiger partial charge < -0.3 is 0 Å². The molecule has 0 fully saturated rings. The van der Waals surface area contributed by atoms with E-state index in [4.69, 9.17) is 11.6 Å². The zero-order valence-corrected chi connectivity index (χ0v) is 6.77. The second-order valence-electron chi connectivity index (χ2n) is 1.56. The summed E-state index contributed by atoms with van der Waals surface area (Å²) >= 11 is 6.90. The molecule has 1 rings (SSSR count). The Kier molecular flexibility index (Phi) is 3.33. The molecule has 0 spiro atoms. The fourth-order valence-electron chi connectivity index (χ4n) is 0.521. The van der Waals surface area contributed by atoms with Gasteiger partial charge in [-0.1, -0.05) is 23.4 Å². The molecule has 10 heavy (non-hydrogen) atoms. The number of halogens is 1. The van der Waals surface area contributed by atoms with Crippen molar-refractivity contribution in [2.24, 2.45) is 0 Å². The topological polar surface area (TPSA) is 12.9 Å². The van der Waals surface area contributed by atoms with Crippen molar-refractivity contribution in [3.05, 3.63) is 35.5 Å². The third-order valence-electron chi connectivity index (χ3n) is 0.905. The number of hydrogen-bond acceptors (Lipinski definition) is 2. The average molecular weight is 172 g/mol. The Hall–Kier alpha value is -0.470. The highest BCUT2D eigenvalue weighted by atomic mass is 35.5. The van der Waals surface area contributed by atoms with E-state index in [-0.39, 0.29) is 0 Å². The van der Waals surface area contributed by atoms with Crippen LogP contribution in [0.4, 0.5) is 0 Å². The first-order valence-corrected chi connectivity index (χ1v) is 4.07. The van der Waals surface area contributed by atoms with Gasteiger partial charge in [-0.25, -0.2) is 0 Å². The normalized spacial score (nSPS) is 10.5. The number of thioether (sulfide) groups is 1. The average Bonchev–Trinajstić information content (AvgIpc) is 2.03. The monoisotopic (exact) mass is 171 g/mol. The third kappa shape index (κ3) is 2.42. The van der Waals surface area contributed by atoms with Gasteiger partial charge >= 0.3 is 0 Å². The van der Waals surface area contributed by atoms with Crippen molar-refractivity contribution in [2.45, 2.75) is 4.90 Å². The lowest BCUT2D eigenvalue weighted by molar-refractivity contribution is 1.27. The van der Waals surface area contributed by atoms with E-state index in [2.05, 4.69) is 4.98 Å². The second-order valence-corrected chi connectivity index (χ2v) is 2.79. The summed E-state index contributed by atoms with van der Waals surface area (Å²) < 4.78 is 0. The summed E-state index contributed by atoms with van der Waals surface area (Å²) in [5.74, 6) is 0. The minimum atomic E-state index is 1.15. The summed E-state index contributed by atoms with van der Waals surface area (Å²) in [4.78, 5) is 5.03. The molecule has 1 aromatic heterocycles. The van der Waals surface area contributed by atoms with E-state index in [1.54, 1.807) is 24.2 Å². The van der Waals surface area contributed by atoms with Crippen molar-refractivity contribution in [1.29, 1.82) is 0 Å². The molecule has 52 valence electrons. The highest BCUT2D eigenvalue weighted by Crippen LogP contribution is 2.17. The maximum Gasteiger partial charge on any atom is 0.0279 e. The second kappa shape index (κ2) is 4.36. The Bertz CT molecular complexity index is 210. The van der Waals surface area contributed by atoms with Crippen LogP contribution < -0.4 is 0 Å². The molecule has 0 saturated carbocycles. The van der Waals surface area contributed by atoms with Crippen LogP contribution in [0.15, 0.2) is 40.4 Å². The Labute approximate surface area is 69.1 Å². The van der Waals surface area contributed by atoms with Crippen LogP contribution in [0.2, 0.25) is 0 Å². The van der Waals surface area contributed by atoms with Gasteiger partial charge in [-0.05, 0) is 17.5 Å². The smallest absolute Gasteiger partial charge is 0.0279 e. The number of rotatable bonds is 2. The molecule has 0 aliphatic heterocycles. The molecule has 1 nitrogen and oxygen atoms in total. The van der Waals surface area contributed by atoms with Gasteiger partial charge in [0.2, 0.25) is 0 Å². The SMILES string of the molecule is ClC=CSc1ccncc1. The van der Waals surface area contributed by atoms with Crippen LogP contribution in [-0.4, -0.2) is 4.98 Å². The molecular weight excluding hydrogens is 166 g/mol. The van der Waals surface area contributed by atoms with Crippen molar-refractivity contribution in [1.82, 2.24) is 4.98 Å². The molecule has 0 aliphatic rings. The fraction of sp³-hybridized carbons (Fsp3) is 0. The molecule has 0 aromatic carbocycles. The summed E-state index contributed by atoms with van der Waals surface area (Å²) in [5.41, 5.74) is 1.49. The Morgan fingerprint density at radius 3 is 2.70 bits per heavy atom. The Balaban J connectivity index is 2.59. The summed E-state index contributed by atoms with van der Waals surface area (Å²) in [5, 5.41) is 1.82. The van der Waals surface area contributed by atoms with Crippen LogP contribution in [-0.2, 0) is 0 Å². The molecule has 1 aromatic rings. The molecular formula is C7H6ClNS. The zero-order chi connectivity index (χ0) is 7.23. The molecule has 3 heteroatoms. The minimum Gasteiger partial charge on any atom is -0.265 e. The van der Waals surface area contributed by atoms with Gasteiger partial charge in [-0.2, -0.15) is 0 Å². The maximum absolute atomic E-state index is 5.33. The number of nitrogens with zero attached hydrogens (tertiary/aromatic N) is 1. The first-order valence-electron chi connectivity index (χ1n) is 2.75. The molecule has 0 aliphatic carbocycles. The third-order valence-corrected chi connectivity index (χ3v) is 2.00. The van der Waals surface area contributed by atoms with Crippen molar-refractivity contribution in [3.8, 4) is 0 Å². The van der Waals surface area contributed by atoms with E-state index < -0.39 is 0 Å². The van der Waals surface area contributed by atoms with Gasteiger partial charge in [0.05, 0.1) is 0 Å². The van der Waals surface area contributed by atoms with Crippen molar-refractivity contribution in [3.63, 3.8) is 0 Å². The molecule has 0 N–H and O–H groups in total. The van der Waals surface area contributed by atoms with Gasteiger partial charge in [0.25, 0.3) is 0 Å². The predicted molar refractivity (Wildman–Crippen MR) is 45.1 cm³/mol. The molecule has 0 saturated heterocycles. The number of pyridine rings is 1. The summed E-state index contributed by atoms with van der Waals surface area (Å²) in [6, 6.07) is 3.86. The zero-order valence-electron chi connectivity index (χ0n) is 5.20. The summed E-state index contributed by atoms with van der Waals surface area (Å²) in [7, 11) is 0. The highest BCUT2D eigenvalue weighted by Gasteiger charge is 1.84. The molecule has 1 heterocycles. The van der Waals surface area contributed by atoms with Gasteiger partial charge in [0.1, 0.15) is 0 Å². The Morgan fingerprint density at radius 1 is 1.40 bits per heavy atom. The van der Waals surface area contributed by atoms with Crippen LogP contribution in [0.1, 0.15) is 0 Å². The molecule has 0 radical (unpaired) electrons. The maximum atomic E-state index is 5.33. The molecule has 0 amide bonds. The van der Waals surface area contributed by atoms with Crippen molar-refractivity contribution < 1.29 is 0 Å². The number of aromatic nitrogens is 1. The first kappa shape index (κ1) is 7.63. The van der Waals surface area contributed by atoms with Crippen LogP contribution in [0, 0.1) is 0 Å². The lowest BCUT2D eigenvalue weighted by Gasteiger charge is -1.90. The van der Waals surface area contributed by atoms with E-state index >= 15 is 0 Å². The summed E-state index contributed by atoms with van der Waals surface area (Å²) in [6.45, 7) is 0. The lowest BCUT2D eigenvalue weighted by atomic mass is 10.5. The highest BCUT2D eigenvalue weighted by molar-refractivity contribution is 8.02. The quantitative estimate of drug-likeness (QED) is 0.635. The molecule has 0 unspecified atom stereocenters. The van der Waals surface area contributed by atoms with Crippen LogP contribution >= 0.6 is 23.4 Å². The Morgan fingerprint density at radius 2 is 2.10 bits per heavy atom. The molecule has 0 atom stereocenters. The van der Waals surface area contributed by atoms with Gasteiger partial charge in [-0.3, -0.25) is 4.98 Å².